The second kappa shape index (κ2) is 6.16. The molecule has 0 saturated carbocycles. The van der Waals surface area contributed by atoms with E-state index in [4.69, 9.17) is 11.6 Å². The second-order valence-electron chi connectivity index (χ2n) is 4.69. The summed E-state index contributed by atoms with van der Waals surface area (Å²) >= 11 is 8.08. The lowest BCUT2D eigenvalue weighted by molar-refractivity contribution is -0.117. The topological polar surface area (TPSA) is 41.1 Å². The van der Waals surface area contributed by atoms with Crippen LogP contribution in [-0.4, -0.2) is 17.7 Å². The van der Waals surface area contributed by atoms with E-state index in [0.717, 1.165) is 34.1 Å². The molecule has 0 aliphatic carbocycles. The highest BCUT2D eigenvalue weighted by atomic mass is 35.5. The van der Waals surface area contributed by atoms with Crippen molar-refractivity contribution in [3.05, 3.63) is 22.7 Å². The van der Waals surface area contributed by atoms with Crippen LogP contribution in [0.1, 0.15) is 38.8 Å². The zero-order valence-corrected chi connectivity index (χ0v) is 13.0. The molecule has 1 aliphatic heterocycles. The standard InChI is InChI=1S/C14H19ClN2OS/c1-4-8(3)19-12-7-11-9(6-10(12)15)13(16-5-2)14(18)17-11/h6-8,13,16H,4-5H2,1-3H3,(H,17,18). The summed E-state index contributed by atoms with van der Waals surface area (Å²) in [6, 6.07) is 3.62. The minimum atomic E-state index is -0.278. The SMILES string of the molecule is CCNC1C(=O)Nc2cc(SC(C)CC)c(Cl)cc21. The molecule has 3 nitrogen and oxygen atoms in total. The van der Waals surface area contributed by atoms with Gasteiger partial charge in [0, 0.05) is 21.4 Å². The van der Waals surface area contributed by atoms with E-state index in [1.54, 1.807) is 11.8 Å². The van der Waals surface area contributed by atoms with Crippen molar-refractivity contribution in [2.45, 2.75) is 43.4 Å². The Bertz CT molecular complexity index is 493. The number of anilines is 1. The lowest BCUT2D eigenvalue weighted by atomic mass is 10.1. The smallest absolute Gasteiger partial charge is 0.246 e. The summed E-state index contributed by atoms with van der Waals surface area (Å²) in [5.41, 5.74) is 1.83. The summed E-state index contributed by atoms with van der Waals surface area (Å²) in [5, 5.41) is 7.33. The van der Waals surface area contributed by atoms with Crippen LogP contribution in [-0.2, 0) is 4.79 Å². The molecule has 0 saturated heterocycles. The molecule has 2 atom stereocenters. The lowest BCUT2D eigenvalue weighted by Gasteiger charge is -2.13. The van der Waals surface area contributed by atoms with Gasteiger partial charge in [0.15, 0.2) is 0 Å². The first kappa shape index (κ1) is 14.7. The van der Waals surface area contributed by atoms with Gasteiger partial charge in [-0.3, -0.25) is 4.79 Å². The first-order chi connectivity index (χ1) is 9.06. The second-order valence-corrected chi connectivity index (χ2v) is 6.57. The molecule has 1 amide bonds. The van der Waals surface area contributed by atoms with Gasteiger partial charge in [-0.05, 0) is 25.1 Å². The van der Waals surface area contributed by atoms with E-state index >= 15 is 0 Å². The van der Waals surface area contributed by atoms with E-state index in [9.17, 15) is 4.79 Å². The van der Waals surface area contributed by atoms with Crippen molar-refractivity contribution in [3.8, 4) is 0 Å². The van der Waals surface area contributed by atoms with Crippen LogP contribution in [0.5, 0.6) is 0 Å². The number of nitrogens with one attached hydrogen (secondary N) is 2. The van der Waals surface area contributed by atoms with Crippen LogP contribution >= 0.6 is 23.4 Å². The van der Waals surface area contributed by atoms with Crippen molar-refractivity contribution < 1.29 is 4.79 Å². The van der Waals surface area contributed by atoms with Crippen molar-refractivity contribution in [1.29, 1.82) is 0 Å². The molecule has 2 unspecified atom stereocenters. The minimum absolute atomic E-state index is 0.00129. The number of amides is 1. The summed E-state index contributed by atoms with van der Waals surface area (Å²) in [4.78, 5) is 12.9. The molecule has 19 heavy (non-hydrogen) atoms. The quantitative estimate of drug-likeness (QED) is 0.812. The number of rotatable bonds is 5. The van der Waals surface area contributed by atoms with Crippen LogP contribution < -0.4 is 10.6 Å². The molecule has 0 bridgehead atoms. The van der Waals surface area contributed by atoms with E-state index in [0.29, 0.717) is 5.25 Å². The van der Waals surface area contributed by atoms with E-state index < -0.39 is 0 Å². The molecule has 5 heteroatoms. The van der Waals surface area contributed by atoms with Crippen molar-refractivity contribution in [3.63, 3.8) is 0 Å². The van der Waals surface area contributed by atoms with Crippen molar-refractivity contribution >= 4 is 35.0 Å². The molecular formula is C14H19ClN2OS. The van der Waals surface area contributed by atoms with Crippen LogP contribution in [0.3, 0.4) is 0 Å². The van der Waals surface area contributed by atoms with Crippen molar-refractivity contribution in [2.75, 3.05) is 11.9 Å². The third kappa shape index (κ3) is 3.07. The summed E-state index contributed by atoms with van der Waals surface area (Å²) in [6.07, 6.45) is 1.09. The maximum atomic E-state index is 11.9. The largest absolute Gasteiger partial charge is 0.324 e. The zero-order chi connectivity index (χ0) is 14.0. The summed E-state index contributed by atoms with van der Waals surface area (Å²) < 4.78 is 0. The van der Waals surface area contributed by atoms with Crippen LogP contribution in [0.15, 0.2) is 17.0 Å². The van der Waals surface area contributed by atoms with Gasteiger partial charge < -0.3 is 10.6 Å². The maximum Gasteiger partial charge on any atom is 0.246 e. The van der Waals surface area contributed by atoms with Crippen LogP contribution in [0, 0.1) is 0 Å². The van der Waals surface area contributed by atoms with Gasteiger partial charge in [-0.15, -0.1) is 11.8 Å². The van der Waals surface area contributed by atoms with Crippen LogP contribution in [0.2, 0.25) is 5.02 Å². The Morgan fingerprint density at radius 1 is 1.47 bits per heavy atom. The molecular weight excluding hydrogens is 280 g/mol. The molecule has 1 aromatic carbocycles. The van der Waals surface area contributed by atoms with Crippen molar-refractivity contribution in [2.24, 2.45) is 0 Å². The molecule has 2 rings (SSSR count). The number of likely N-dealkylation sites (N-methyl/N-ethyl adjacent to an activating group) is 1. The fourth-order valence-electron chi connectivity index (χ4n) is 2.06. The number of halogens is 1. The Hall–Kier alpha value is -0.710. The lowest BCUT2D eigenvalue weighted by Crippen LogP contribution is -2.27. The highest BCUT2D eigenvalue weighted by Gasteiger charge is 2.30. The maximum absolute atomic E-state index is 11.9. The number of hydrogen-bond donors (Lipinski definition) is 2. The number of carbonyl (C=O) groups excluding carboxylic acids is 1. The fraction of sp³-hybridized carbons (Fsp3) is 0.500. The van der Waals surface area contributed by atoms with Gasteiger partial charge in [-0.25, -0.2) is 0 Å². The normalized spacial score (nSPS) is 19.2. The predicted molar refractivity (Wildman–Crippen MR) is 82.1 cm³/mol. The molecule has 0 fully saturated rings. The summed E-state index contributed by atoms with van der Waals surface area (Å²) in [6.45, 7) is 7.06. The Kier molecular flexibility index (Phi) is 4.76. The first-order valence-corrected chi connectivity index (χ1v) is 7.86. The monoisotopic (exact) mass is 298 g/mol. The molecule has 0 radical (unpaired) electrons. The first-order valence-electron chi connectivity index (χ1n) is 6.61. The van der Waals surface area contributed by atoms with Crippen LogP contribution in [0.4, 0.5) is 5.69 Å². The number of hydrogen-bond acceptors (Lipinski definition) is 3. The average molecular weight is 299 g/mol. The number of benzene rings is 1. The van der Waals surface area contributed by atoms with Gasteiger partial charge in [-0.1, -0.05) is 32.4 Å². The van der Waals surface area contributed by atoms with Crippen LogP contribution in [0.25, 0.3) is 0 Å². The Morgan fingerprint density at radius 3 is 2.84 bits per heavy atom. The highest BCUT2D eigenvalue weighted by molar-refractivity contribution is 8.00. The summed E-state index contributed by atoms with van der Waals surface area (Å²) in [7, 11) is 0. The summed E-state index contributed by atoms with van der Waals surface area (Å²) in [5.74, 6) is -0.00129. The van der Waals surface area contributed by atoms with E-state index in [-0.39, 0.29) is 11.9 Å². The van der Waals surface area contributed by atoms with Gasteiger partial charge in [0.25, 0.3) is 0 Å². The highest BCUT2D eigenvalue weighted by Crippen LogP contribution is 2.40. The molecule has 1 aliphatic rings. The van der Waals surface area contributed by atoms with Gasteiger partial charge in [-0.2, -0.15) is 0 Å². The van der Waals surface area contributed by atoms with E-state index in [2.05, 4.69) is 24.5 Å². The van der Waals surface area contributed by atoms with Crippen molar-refractivity contribution in [1.82, 2.24) is 5.32 Å². The number of carbonyl (C=O) groups is 1. The third-order valence-corrected chi connectivity index (χ3v) is 5.00. The minimum Gasteiger partial charge on any atom is -0.324 e. The molecule has 0 aromatic heterocycles. The van der Waals surface area contributed by atoms with Gasteiger partial charge in [0.05, 0.1) is 5.02 Å². The molecule has 1 aromatic rings. The fourth-order valence-corrected chi connectivity index (χ4v) is 3.32. The average Bonchev–Trinajstić information content (AvgIpc) is 2.67. The Morgan fingerprint density at radius 2 is 2.21 bits per heavy atom. The Balaban J connectivity index is 2.30. The molecule has 104 valence electrons. The van der Waals surface area contributed by atoms with E-state index in [1.807, 2.05) is 19.1 Å². The number of thioether (sulfide) groups is 1. The van der Waals surface area contributed by atoms with Gasteiger partial charge in [0.1, 0.15) is 6.04 Å². The molecule has 2 N–H and O–H groups in total. The molecule has 1 heterocycles. The van der Waals surface area contributed by atoms with Gasteiger partial charge in [0.2, 0.25) is 5.91 Å². The number of fused-ring (bicyclic) bond motifs is 1. The Labute approximate surface area is 123 Å². The van der Waals surface area contributed by atoms with E-state index in [1.165, 1.54) is 0 Å². The zero-order valence-electron chi connectivity index (χ0n) is 11.4. The third-order valence-electron chi connectivity index (χ3n) is 3.25. The predicted octanol–water partition coefficient (Wildman–Crippen LogP) is 3.83. The van der Waals surface area contributed by atoms with Gasteiger partial charge >= 0.3 is 0 Å². The molecule has 0 spiro atoms.